The van der Waals surface area contributed by atoms with Gasteiger partial charge in [-0.2, -0.15) is 5.10 Å². The fourth-order valence-electron chi connectivity index (χ4n) is 2.25. The highest BCUT2D eigenvalue weighted by Gasteiger charge is 2.30. The van der Waals surface area contributed by atoms with Gasteiger partial charge >= 0.3 is 0 Å². The zero-order valence-electron chi connectivity index (χ0n) is 11.3. The van der Waals surface area contributed by atoms with E-state index in [-0.39, 0.29) is 5.41 Å². The van der Waals surface area contributed by atoms with Gasteiger partial charge in [0.1, 0.15) is 0 Å². The van der Waals surface area contributed by atoms with Crippen LogP contribution in [0, 0.1) is 5.41 Å². The van der Waals surface area contributed by atoms with Crippen LogP contribution in [-0.2, 0) is 19.9 Å². The Bertz CT molecular complexity index is 387. The second kappa shape index (κ2) is 7.16. The lowest BCUT2D eigenvalue weighted by Crippen LogP contribution is -2.29. The van der Waals surface area contributed by atoms with Gasteiger partial charge in [-0.15, -0.1) is 23.2 Å². The highest BCUT2D eigenvalue weighted by atomic mass is 79.9. The lowest BCUT2D eigenvalue weighted by Gasteiger charge is -2.29. The molecule has 5 heteroatoms. The van der Waals surface area contributed by atoms with E-state index in [1.54, 1.807) is 0 Å². The Morgan fingerprint density at radius 2 is 1.89 bits per heavy atom. The van der Waals surface area contributed by atoms with Crippen LogP contribution >= 0.6 is 39.1 Å². The molecule has 0 saturated heterocycles. The van der Waals surface area contributed by atoms with Crippen molar-refractivity contribution in [3.8, 4) is 0 Å². The number of aryl methyl sites for hydroxylation is 2. The van der Waals surface area contributed by atoms with Crippen LogP contribution < -0.4 is 0 Å². The molecular weight excluding hydrogens is 335 g/mol. The van der Waals surface area contributed by atoms with Crippen LogP contribution in [-0.4, -0.2) is 21.5 Å². The molecule has 1 aromatic heterocycles. The number of halogens is 3. The molecule has 104 valence electrons. The van der Waals surface area contributed by atoms with Crippen molar-refractivity contribution in [1.29, 1.82) is 0 Å². The summed E-state index contributed by atoms with van der Waals surface area (Å²) in [5.74, 6) is 1.17. The van der Waals surface area contributed by atoms with Gasteiger partial charge in [0.25, 0.3) is 0 Å². The Morgan fingerprint density at radius 1 is 1.28 bits per heavy atom. The molecule has 0 saturated carbocycles. The zero-order chi connectivity index (χ0) is 13.8. The van der Waals surface area contributed by atoms with E-state index >= 15 is 0 Å². The molecule has 0 bridgehead atoms. The van der Waals surface area contributed by atoms with Crippen molar-refractivity contribution in [3.63, 3.8) is 0 Å². The monoisotopic (exact) mass is 354 g/mol. The molecule has 1 aromatic rings. The number of alkyl halides is 2. The standard InChI is InChI=1S/C13H21BrCl2N2/c1-4-6-13(8-15,9-16)7-11-12(14)10(5-2)17-18(11)3/h4-9H2,1-3H3. The summed E-state index contributed by atoms with van der Waals surface area (Å²) >= 11 is 16.0. The fraction of sp³-hybridized carbons (Fsp3) is 0.769. The molecule has 0 unspecified atom stereocenters. The molecule has 0 aliphatic rings. The topological polar surface area (TPSA) is 17.8 Å². The Morgan fingerprint density at radius 3 is 2.28 bits per heavy atom. The maximum absolute atomic E-state index is 6.17. The van der Waals surface area contributed by atoms with Crippen molar-refractivity contribution in [2.24, 2.45) is 12.5 Å². The van der Waals surface area contributed by atoms with E-state index in [0.29, 0.717) is 11.8 Å². The van der Waals surface area contributed by atoms with Crippen LogP contribution in [0.2, 0.25) is 0 Å². The lowest BCUT2D eigenvalue weighted by atomic mass is 9.82. The van der Waals surface area contributed by atoms with Gasteiger partial charge in [0, 0.05) is 24.2 Å². The molecule has 0 spiro atoms. The third-order valence-corrected chi connectivity index (χ3v) is 5.44. The quantitative estimate of drug-likeness (QED) is 0.656. The van der Waals surface area contributed by atoms with Gasteiger partial charge < -0.3 is 0 Å². The molecule has 0 atom stereocenters. The van der Waals surface area contributed by atoms with Gasteiger partial charge in [-0.1, -0.05) is 20.3 Å². The summed E-state index contributed by atoms with van der Waals surface area (Å²) in [7, 11) is 1.98. The summed E-state index contributed by atoms with van der Waals surface area (Å²) in [6.07, 6.45) is 3.93. The minimum Gasteiger partial charge on any atom is -0.271 e. The summed E-state index contributed by atoms with van der Waals surface area (Å²) in [6.45, 7) is 4.28. The molecule has 0 N–H and O–H groups in total. The largest absolute Gasteiger partial charge is 0.271 e. The summed E-state index contributed by atoms with van der Waals surface area (Å²) in [6, 6.07) is 0. The van der Waals surface area contributed by atoms with Crippen LogP contribution in [0.4, 0.5) is 0 Å². The first-order chi connectivity index (χ1) is 8.53. The van der Waals surface area contributed by atoms with Crippen molar-refractivity contribution in [2.75, 3.05) is 11.8 Å². The molecule has 0 amide bonds. The summed E-state index contributed by atoms with van der Waals surface area (Å²) in [5.41, 5.74) is 2.27. The van der Waals surface area contributed by atoms with Gasteiger partial charge in [0.2, 0.25) is 0 Å². The number of nitrogens with zero attached hydrogens (tertiary/aromatic N) is 2. The number of hydrogen-bond donors (Lipinski definition) is 0. The van der Waals surface area contributed by atoms with Crippen LogP contribution in [0.5, 0.6) is 0 Å². The van der Waals surface area contributed by atoms with Crippen LogP contribution in [0.25, 0.3) is 0 Å². The van der Waals surface area contributed by atoms with Crippen molar-refractivity contribution in [2.45, 2.75) is 39.5 Å². The highest BCUT2D eigenvalue weighted by molar-refractivity contribution is 9.10. The molecule has 0 aliphatic heterocycles. The van der Waals surface area contributed by atoms with E-state index in [2.05, 4.69) is 34.9 Å². The summed E-state index contributed by atoms with van der Waals surface area (Å²) < 4.78 is 3.06. The van der Waals surface area contributed by atoms with Crippen LogP contribution in [0.15, 0.2) is 4.47 Å². The van der Waals surface area contributed by atoms with Crippen LogP contribution in [0.3, 0.4) is 0 Å². The van der Waals surface area contributed by atoms with Crippen molar-refractivity contribution in [3.05, 3.63) is 15.9 Å². The van der Waals surface area contributed by atoms with Gasteiger partial charge in [0.05, 0.1) is 15.9 Å². The van der Waals surface area contributed by atoms with Gasteiger partial charge in [-0.25, -0.2) is 0 Å². The lowest BCUT2D eigenvalue weighted by molar-refractivity contribution is 0.332. The van der Waals surface area contributed by atoms with Crippen LogP contribution in [0.1, 0.15) is 38.1 Å². The van der Waals surface area contributed by atoms with E-state index in [1.165, 1.54) is 5.69 Å². The number of aromatic nitrogens is 2. The Kier molecular flexibility index (Phi) is 6.49. The second-order valence-electron chi connectivity index (χ2n) is 4.88. The highest BCUT2D eigenvalue weighted by Crippen LogP contribution is 2.35. The van der Waals surface area contributed by atoms with Gasteiger partial charge in [-0.05, 0) is 35.2 Å². The first kappa shape index (κ1) is 16.3. The molecular formula is C13H21BrCl2N2. The van der Waals surface area contributed by atoms with E-state index in [9.17, 15) is 0 Å². The smallest absolute Gasteiger partial charge is 0.0766 e. The molecule has 0 fully saturated rings. The Hall–Kier alpha value is 0.270. The second-order valence-corrected chi connectivity index (χ2v) is 6.21. The predicted molar refractivity (Wildman–Crippen MR) is 82.8 cm³/mol. The number of rotatable bonds is 7. The van der Waals surface area contributed by atoms with E-state index in [1.807, 2.05) is 11.7 Å². The molecule has 1 rings (SSSR count). The third kappa shape index (κ3) is 3.43. The minimum absolute atomic E-state index is 0.0286. The SMILES string of the molecule is CCCC(CCl)(CCl)Cc1c(Br)c(CC)nn1C. The van der Waals surface area contributed by atoms with Crippen molar-refractivity contribution < 1.29 is 0 Å². The third-order valence-electron chi connectivity index (χ3n) is 3.39. The van der Waals surface area contributed by atoms with E-state index < -0.39 is 0 Å². The maximum atomic E-state index is 6.17. The van der Waals surface area contributed by atoms with E-state index in [0.717, 1.165) is 35.8 Å². The maximum Gasteiger partial charge on any atom is 0.0766 e. The van der Waals surface area contributed by atoms with Crippen molar-refractivity contribution >= 4 is 39.1 Å². The molecule has 2 nitrogen and oxygen atoms in total. The van der Waals surface area contributed by atoms with Crippen molar-refractivity contribution in [1.82, 2.24) is 9.78 Å². The van der Waals surface area contributed by atoms with E-state index in [4.69, 9.17) is 23.2 Å². The molecule has 1 heterocycles. The molecule has 0 radical (unpaired) electrons. The van der Waals surface area contributed by atoms with Gasteiger partial charge in [-0.3, -0.25) is 4.68 Å². The average Bonchev–Trinajstić information content (AvgIpc) is 2.65. The van der Waals surface area contributed by atoms with Gasteiger partial charge in [0.15, 0.2) is 0 Å². The Balaban J connectivity index is 3.04. The minimum atomic E-state index is -0.0286. The summed E-state index contributed by atoms with van der Waals surface area (Å²) in [4.78, 5) is 0. The average molecular weight is 356 g/mol. The summed E-state index contributed by atoms with van der Waals surface area (Å²) in [5, 5.41) is 4.53. The molecule has 18 heavy (non-hydrogen) atoms. The predicted octanol–water partition coefficient (Wildman–Crippen LogP) is 4.55. The Labute approximate surface area is 128 Å². The fourth-order valence-corrected chi connectivity index (χ4v) is 3.75. The first-order valence-corrected chi connectivity index (χ1v) is 8.22. The molecule has 0 aliphatic carbocycles. The zero-order valence-corrected chi connectivity index (χ0v) is 14.4. The number of hydrogen-bond acceptors (Lipinski definition) is 1. The normalized spacial score (nSPS) is 12.1. The molecule has 0 aromatic carbocycles. The first-order valence-electron chi connectivity index (χ1n) is 6.35.